The van der Waals surface area contributed by atoms with Gasteiger partial charge < -0.3 is 10.1 Å². The first kappa shape index (κ1) is 13.8. The molecular weight excluding hydrogens is 270 g/mol. The highest BCUT2D eigenvalue weighted by atomic mass is 32.1. The summed E-state index contributed by atoms with van der Waals surface area (Å²) in [6.07, 6.45) is 4.64. The van der Waals surface area contributed by atoms with Crippen molar-refractivity contribution in [3.63, 3.8) is 0 Å². The molecule has 3 heterocycles. The molecule has 0 spiro atoms. The molecule has 108 valence electrons. The van der Waals surface area contributed by atoms with Gasteiger partial charge in [-0.2, -0.15) is 5.10 Å². The van der Waals surface area contributed by atoms with Crippen LogP contribution in [-0.2, 0) is 11.3 Å². The second kappa shape index (κ2) is 6.52. The number of nitrogens with one attached hydrogen (secondary N) is 2. The molecule has 0 radical (unpaired) electrons. The average molecular weight is 291 g/mol. The second-order valence-corrected chi connectivity index (χ2v) is 6.19. The lowest BCUT2D eigenvalue weighted by Crippen LogP contribution is -2.28. The van der Waals surface area contributed by atoms with E-state index in [9.17, 15) is 0 Å². The van der Waals surface area contributed by atoms with E-state index in [0.29, 0.717) is 12.0 Å². The number of hydrogen-bond donors (Lipinski definition) is 2. The molecule has 2 N–H and O–H groups in total. The maximum Gasteiger partial charge on any atom is 0.0794 e. The van der Waals surface area contributed by atoms with Crippen LogP contribution in [0.5, 0.6) is 0 Å². The summed E-state index contributed by atoms with van der Waals surface area (Å²) in [6.45, 7) is 5.00. The van der Waals surface area contributed by atoms with E-state index in [1.165, 1.54) is 16.9 Å². The van der Waals surface area contributed by atoms with Crippen LogP contribution >= 0.6 is 11.3 Å². The van der Waals surface area contributed by atoms with Crippen LogP contribution in [0.3, 0.4) is 0 Å². The summed E-state index contributed by atoms with van der Waals surface area (Å²) >= 11 is 1.74. The smallest absolute Gasteiger partial charge is 0.0794 e. The fourth-order valence-corrected chi connectivity index (χ4v) is 3.60. The van der Waals surface area contributed by atoms with Crippen molar-refractivity contribution in [2.24, 2.45) is 5.92 Å². The van der Waals surface area contributed by atoms with Gasteiger partial charge in [0, 0.05) is 25.3 Å². The van der Waals surface area contributed by atoms with Crippen molar-refractivity contribution < 1.29 is 4.74 Å². The van der Waals surface area contributed by atoms with Crippen LogP contribution in [0.2, 0.25) is 0 Å². The lowest BCUT2D eigenvalue weighted by molar-refractivity contribution is 0.0872. The molecule has 0 amide bonds. The molecular formula is C15H21N3OS. The Hall–Kier alpha value is -1.17. The van der Waals surface area contributed by atoms with Gasteiger partial charge in [-0.25, -0.2) is 0 Å². The number of ether oxygens (including phenoxy) is 1. The SMILES string of the molecule is CCC1OCCC1CNCc1cn[nH]c1-c1cccs1. The van der Waals surface area contributed by atoms with E-state index in [2.05, 4.69) is 40.0 Å². The molecule has 5 heteroatoms. The summed E-state index contributed by atoms with van der Waals surface area (Å²) in [4.78, 5) is 1.25. The zero-order chi connectivity index (χ0) is 13.8. The maximum absolute atomic E-state index is 5.73. The molecule has 2 aromatic rings. The Labute approximate surface area is 123 Å². The number of rotatable bonds is 6. The lowest BCUT2D eigenvalue weighted by Gasteiger charge is -2.17. The third-order valence-corrected chi connectivity index (χ3v) is 4.84. The molecule has 0 saturated carbocycles. The molecule has 4 nitrogen and oxygen atoms in total. The van der Waals surface area contributed by atoms with E-state index in [1.54, 1.807) is 11.3 Å². The summed E-state index contributed by atoms with van der Waals surface area (Å²) in [5, 5.41) is 12.9. The minimum atomic E-state index is 0.434. The zero-order valence-electron chi connectivity index (χ0n) is 11.8. The van der Waals surface area contributed by atoms with Crippen molar-refractivity contribution >= 4 is 11.3 Å². The van der Waals surface area contributed by atoms with Crippen LogP contribution in [-0.4, -0.2) is 29.5 Å². The van der Waals surface area contributed by atoms with Crippen LogP contribution < -0.4 is 5.32 Å². The minimum absolute atomic E-state index is 0.434. The van der Waals surface area contributed by atoms with Gasteiger partial charge >= 0.3 is 0 Å². The number of hydrogen-bond acceptors (Lipinski definition) is 4. The number of nitrogens with zero attached hydrogens (tertiary/aromatic N) is 1. The van der Waals surface area contributed by atoms with Crippen LogP contribution in [0, 0.1) is 5.92 Å². The fourth-order valence-electron chi connectivity index (χ4n) is 2.85. The summed E-state index contributed by atoms with van der Waals surface area (Å²) in [7, 11) is 0. The Morgan fingerprint density at radius 1 is 1.55 bits per heavy atom. The van der Waals surface area contributed by atoms with Gasteiger partial charge in [0.1, 0.15) is 0 Å². The van der Waals surface area contributed by atoms with Crippen molar-refractivity contribution in [2.45, 2.75) is 32.4 Å². The van der Waals surface area contributed by atoms with E-state index < -0.39 is 0 Å². The van der Waals surface area contributed by atoms with Gasteiger partial charge in [-0.3, -0.25) is 5.10 Å². The third-order valence-electron chi connectivity index (χ3n) is 3.96. The van der Waals surface area contributed by atoms with Gasteiger partial charge in [0.25, 0.3) is 0 Å². The fraction of sp³-hybridized carbons (Fsp3) is 0.533. The summed E-state index contributed by atoms with van der Waals surface area (Å²) in [5.74, 6) is 0.650. The van der Waals surface area contributed by atoms with E-state index in [0.717, 1.165) is 31.8 Å². The molecule has 0 aliphatic carbocycles. The monoisotopic (exact) mass is 291 g/mol. The molecule has 1 saturated heterocycles. The maximum atomic E-state index is 5.73. The van der Waals surface area contributed by atoms with Crippen molar-refractivity contribution in [1.82, 2.24) is 15.5 Å². The van der Waals surface area contributed by atoms with E-state index in [4.69, 9.17) is 4.74 Å². The first-order chi connectivity index (χ1) is 9.88. The molecule has 0 bridgehead atoms. The number of H-pyrrole nitrogens is 1. The molecule has 1 aliphatic heterocycles. The largest absolute Gasteiger partial charge is 0.378 e. The first-order valence-electron chi connectivity index (χ1n) is 7.27. The average Bonchev–Trinajstić information content (AvgIpc) is 3.20. The lowest BCUT2D eigenvalue weighted by atomic mass is 9.99. The standard InChI is InChI=1S/C15H21N3OS/c1-2-13-11(5-6-19-13)8-16-9-12-10-17-18-15(12)14-4-3-7-20-14/h3-4,7,10-11,13,16H,2,5-6,8-9H2,1H3,(H,17,18). The highest BCUT2D eigenvalue weighted by Crippen LogP contribution is 2.26. The number of thiophene rings is 1. The van der Waals surface area contributed by atoms with E-state index in [-0.39, 0.29) is 0 Å². The van der Waals surface area contributed by atoms with Crippen LogP contribution in [0.15, 0.2) is 23.7 Å². The second-order valence-electron chi connectivity index (χ2n) is 5.24. The van der Waals surface area contributed by atoms with Crippen molar-refractivity contribution in [1.29, 1.82) is 0 Å². The Balaban J connectivity index is 1.56. The van der Waals surface area contributed by atoms with Crippen molar-refractivity contribution in [3.8, 4) is 10.6 Å². The minimum Gasteiger partial charge on any atom is -0.378 e. The van der Waals surface area contributed by atoms with Crippen LogP contribution in [0.25, 0.3) is 10.6 Å². The molecule has 3 rings (SSSR count). The van der Waals surface area contributed by atoms with Crippen LogP contribution in [0.1, 0.15) is 25.3 Å². The molecule has 2 aromatic heterocycles. The Morgan fingerprint density at radius 2 is 2.50 bits per heavy atom. The molecule has 20 heavy (non-hydrogen) atoms. The Morgan fingerprint density at radius 3 is 3.30 bits per heavy atom. The van der Waals surface area contributed by atoms with Crippen molar-refractivity contribution in [2.75, 3.05) is 13.2 Å². The van der Waals surface area contributed by atoms with Gasteiger partial charge in [0.15, 0.2) is 0 Å². The number of aromatic amines is 1. The summed E-state index contributed by atoms with van der Waals surface area (Å²) in [5.41, 5.74) is 2.38. The molecule has 1 fully saturated rings. The summed E-state index contributed by atoms with van der Waals surface area (Å²) in [6, 6.07) is 4.19. The third kappa shape index (κ3) is 2.95. The molecule has 1 aliphatic rings. The summed E-state index contributed by atoms with van der Waals surface area (Å²) < 4.78 is 5.73. The first-order valence-corrected chi connectivity index (χ1v) is 8.15. The van der Waals surface area contributed by atoms with Crippen LogP contribution in [0.4, 0.5) is 0 Å². The van der Waals surface area contributed by atoms with Gasteiger partial charge in [-0.05, 0) is 30.2 Å². The highest BCUT2D eigenvalue weighted by molar-refractivity contribution is 7.13. The quantitative estimate of drug-likeness (QED) is 0.860. The Bertz CT molecular complexity index is 523. The highest BCUT2D eigenvalue weighted by Gasteiger charge is 2.26. The predicted octanol–water partition coefficient (Wildman–Crippen LogP) is 3.04. The number of aromatic nitrogens is 2. The zero-order valence-corrected chi connectivity index (χ0v) is 12.6. The van der Waals surface area contributed by atoms with Gasteiger partial charge in [-0.15, -0.1) is 11.3 Å². The molecule has 0 aromatic carbocycles. The van der Waals surface area contributed by atoms with E-state index in [1.807, 2.05) is 6.20 Å². The van der Waals surface area contributed by atoms with E-state index >= 15 is 0 Å². The Kier molecular flexibility index (Phi) is 4.50. The molecule has 2 unspecified atom stereocenters. The normalized spacial score (nSPS) is 22.4. The predicted molar refractivity (Wildman–Crippen MR) is 81.7 cm³/mol. The van der Waals surface area contributed by atoms with Gasteiger partial charge in [-0.1, -0.05) is 13.0 Å². The topological polar surface area (TPSA) is 49.9 Å². The van der Waals surface area contributed by atoms with Gasteiger partial charge in [0.05, 0.1) is 22.9 Å². The van der Waals surface area contributed by atoms with Crippen molar-refractivity contribution in [3.05, 3.63) is 29.3 Å². The van der Waals surface area contributed by atoms with Gasteiger partial charge in [0.2, 0.25) is 0 Å². The molecule has 2 atom stereocenters.